The van der Waals surface area contributed by atoms with Gasteiger partial charge in [-0.25, -0.2) is 0 Å². The van der Waals surface area contributed by atoms with Crippen molar-refractivity contribution in [2.45, 2.75) is 18.4 Å². The fourth-order valence-electron chi connectivity index (χ4n) is 4.21. The second-order valence-corrected chi connectivity index (χ2v) is 8.42. The fourth-order valence-corrected chi connectivity index (χ4v) is 4.21. The minimum atomic E-state index is -1.05. The number of fused-ring (bicyclic) bond motifs is 1. The molecular formula is C26H31N3O5. The van der Waals surface area contributed by atoms with Crippen molar-refractivity contribution in [1.82, 2.24) is 10.2 Å². The van der Waals surface area contributed by atoms with Crippen LogP contribution in [0.2, 0.25) is 0 Å². The first-order valence-corrected chi connectivity index (χ1v) is 11.5. The van der Waals surface area contributed by atoms with E-state index in [1.807, 2.05) is 41.3 Å². The summed E-state index contributed by atoms with van der Waals surface area (Å²) in [5, 5.41) is 5.85. The van der Waals surface area contributed by atoms with Gasteiger partial charge in [0.2, 0.25) is 5.91 Å². The highest BCUT2D eigenvalue weighted by Gasteiger charge is 2.43. The molecule has 0 saturated carbocycles. The summed E-state index contributed by atoms with van der Waals surface area (Å²) >= 11 is 0. The van der Waals surface area contributed by atoms with E-state index < -0.39 is 5.60 Å². The van der Waals surface area contributed by atoms with Gasteiger partial charge in [0.1, 0.15) is 18.1 Å². The molecule has 1 atom stereocenters. The molecule has 4 rings (SSSR count). The summed E-state index contributed by atoms with van der Waals surface area (Å²) in [5.74, 6) is 1.23. The monoisotopic (exact) mass is 465 g/mol. The number of ether oxygens (including phenoxy) is 3. The molecular weight excluding hydrogens is 434 g/mol. The van der Waals surface area contributed by atoms with Gasteiger partial charge in [-0.1, -0.05) is 30.4 Å². The predicted octanol–water partition coefficient (Wildman–Crippen LogP) is 2.40. The summed E-state index contributed by atoms with van der Waals surface area (Å²) in [5.41, 5.74) is 0.746. The number of nitrogens with one attached hydrogen (secondary N) is 2. The van der Waals surface area contributed by atoms with Crippen LogP contribution >= 0.6 is 0 Å². The molecule has 8 nitrogen and oxygen atoms in total. The van der Waals surface area contributed by atoms with E-state index in [-0.39, 0.29) is 18.4 Å². The van der Waals surface area contributed by atoms with Gasteiger partial charge in [-0.3, -0.25) is 14.5 Å². The summed E-state index contributed by atoms with van der Waals surface area (Å²) in [4.78, 5) is 27.8. The SMILES string of the molecule is COc1ccc(NC(=O)CN2CCOC3(C/C=C/Cc4ccccc4OCCNC3=O)C2)cc1. The molecule has 2 heterocycles. The van der Waals surface area contributed by atoms with Gasteiger partial charge in [0.25, 0.3) is 5.91 Å². The van der Waals surface area contributed by atoms with Gasteiger partial charge in [-0.2, -0.15) is 0 Å². The molecule has 0 aromatic heterocycles. The molecule has 2 N–H and O–H groups in total. The van der Waals surface area contributed by atoms with Crippen molar-refractivity contribution in [3.8, 4) is 11.5 Å². The molecule has 34 heavy (non-hydrogen) atoms. The van der Waals surface area contributed by atoms with Crippen molar-refractivity contribution in [1.29, 1.82) is 0 Å². The number of carbonyl (C=O) groups excluding carboxylic acids is 2. The first-order chi connectivity index (χ1) is 16.6. The first kappa shape index (κ1) is 23.8. The van der Waals surface area contributed by atoms with E-state index in [0.717, 1.165) is 17.1 Å². The molecule has 2 aliphatic rings. The lowest BCUT2D eigenvalue weighted by Crippen LogP contribution is -2.60. The van der Waals surface area contributed by atoms with Crippen molar-refractivity contribution >= 4 is 17.5 Å². The molecule has 0 bridgehead atoms. The Morgan fingerprint density at radius 1 is 1.15 bits per heavy atom. The molecule has 2 amide bonds. The lowest BCUT2D eigenvalue weighted by molar-refractivity contribution is -0.160. The lowest BCUT2D eigenvalue weighted by Gasteiger charge is -2.41. The summed E-state index contributed by atoms with van der Waals surface area (Å²) in [6.07, 6.45) is 5.16. The summed E-state index contributed by atoms with van der Waals surface area (Å²) in [6.45, 7) is 2.19. The summed E-state index contributed by atoms with van der Waals surface area (Å²) < 4.78 is 17.1. The van der Waals surface area contributed by atoms with Gasteiger partial charge >= 0.3 is 0 Å². The zero-order valence-corrected chi connectivity index (χ0v) is 19.4. The van der Waals surface area contributed by atoms with Crippen molar-refractivity contribution < 1.29 is 23.8 Å². The maximum atomic E-state index is 13.2. The van der Waals surface area contributed by atoms with E-state index in [9.17, 15) is 9.59 Å². The smallest absolute Gasteiger partial charge is 0.254 e. The number of para-hydroxylation sites is 1. The third kappa shape index (κ3) is 5.95. The zero-order valence-electron chi connectivity index (χ0n) is 19.4. The van der Waals surface area contributed by atoms with Gasteiger partial charge in [0, 0.05) is 25.2 Å². The maximum absolute atomic E-state index is 13.2. The number of carbonyl (C=O) groups is 2. The number of benzene rings is 2. The van der Waals surface area contributed by atoms with E-state index >= 15 is 0 Å². The zero-order chi connectivity index (χ0) is 23.8. The number of rotatable bonds is 4. The van der Waals surface area contributed by atoms with E-state index in [2.05, 4.69) is 10.6 Å². The number of methoxy groups -OCH3 is 1. The van der Waals surface area contributed by atoms with E-state index in [1.165, 1.54) is 0 Å². The molecule has 1 saturated heterocycles. The van der Waals surface area contributed by atoms with Crippen LogP contribution in [0.5, 0.6) is 11.5 Å². The number of hydrogen-bond acceptors (Lipinski definition) is 6. The average molecular weight is 466 g/mol. The second kappa shape index (κ2) is 11.2. The topological polar surface area (TPSA) is 89.1 Å². The third-order valence-electron chi connectivity index (χ3n) is 5.99. The quantitative estimate of drug-likeness (QED) is 0.675. The average Bonchev–Trinajstić information content (AvgIpc) is 2.85. The van der Waals surface area contributed by atoms with Crippen LogP contribution < -0.4 is 20.1 Å². The highest BCUT2D eigenvalue weighted by molar-refractivity contribution is 5.92. The molecule has 1 spiro atoms. The lowest BCUT2D eigenvalue weighted by atomic mass is 9.94. The largest absolute Gasteiger partial charge is 0.497 e. The van der Waals surface area contributed by atoms with Crippen molar-refractivity contribution in [2.24, 2.45) is 0 Å². The van der Waals surface area contributed by atoms with Gasteiger partial charge < -0.3 is 24.8 Å². The molecule has 8 heteroatoms. The summed E-state index contributed by atoms with van der Waals surface area (Å²) in [7, 11) is 1.60. The highest BCUT2D eigenvalue weighted by atomic mass is 16.5. The number of hydrogen-bond donors (Lipinski definition) is 2. The van der Waals surface area contributed by atoms with Crippen molar-refractivity contribution in [3.05, 3.63) is 66.2 Å². The maximum Gasteiger partial charge on any atom is 0.254 e. The molecule has 2 aliphatic heterocycles. The Morgan fingerprint density at radius 2 is 1.97 bits per heavy atom. The van der Waals surface area contributed by atoms with Crippen LogP contribution in [-0.4, -0.2) is 68.8 Å². The molecule has 2 aromatic rings. The Kier molecular flexibility index (Phi) is 7.82. The number of morpholine rings is 1. The minimum absolute atomic E-state index is 0.142. The van der Waals surface area contributed by atoms with Gasteiger partial charge in [-0.05, 0) is 42.3 Å². The molecule has 0 aliphatic carbocycles. The molecule has 0 radical (unpaired) electrons. The first-order valence-electron chi connectivity index (χ1n) is 11.5. The number of allylic oxidation sites excluding steroid dienone is 1. The van der Waals surface area contributed by atoms with E-state index in [1.54, 1.807) is 31.4 Å². The van der Waals surface area contributed by atoms with Gasteiger partial charge in [0.15, 0.2) is 5.60 Å². The van der Waals surface area contributed by atoms with Crippen LogP contribution in [-0.2, 0) is 20.7 Å². The van der Waals surface area contributed by atoms with Crippen LogP contribution in [0.3, 0.4) is 0 Å². The van der Waals surface area contributed by atoms with Crippen LogP contribution in [0, 0.1) is 0 Å². The predicted molar refractivity (Wildman–Crippen MR) is 129 cm³/mol. The number of amides is 2. The van der Waals surface area contributed by atoms with Crippen LogP contribution in [0.1, 0.15) is 12.0 Å². The van der Waals surface area contributed by atoms with E-state index in [0.29, 0.717) is 51.4 Å². The summed E-state index contributed by atoms with van der Waals surface area (Å²) in [6, 6.07) is 15.1. The van der Waals surface area contributed by atoms with Gasteiger partial charge in [0.05, 0.1) is 26.8 Å². The second-order valence-electron chi connectivity index (χ2n) is 8.42. The van der Waals surface area contributed by atoms with Crippen LogP contribution in [0.15, 0.2) is 60.7 Å². The van der Waals surface area contributed by atoms with Crippen molar-refractivity contribution in [3.63, 3.8) is 0 Å². The number of nitrogens with zero attached hydrogens (tertiary/aromatic N) is 1. The Hall–Kier alpha value is -3.36. The van der Waals surface area contributed by atoms with Crippen molar-refractivity contribution in [2.75, 3.05) is 51.8 Å². The molecule has 2 aromatic carbocycles. The Bertz CT molecular complexity index is 1020. The number of anilines is 1. The molecule has 1 fully saturated rings. The molecule has 180 valence electrons. The normalized spacial score (nSPS) is 22.3. The minimum Gasteiger partial charge on any atom is -0.497 e. The van der Waals surface area contributed by atoms with Crippen LogP contribution in [0.25, 0.3) is 0 Å². The van der Waals surface area contributed by atoms with Gasteiger partial charge in [-0.15, -0.1) is 0 Å². The standard InChI is InChI=1S/C26H31N3O5/c1-32-22-11-9-21(10-12-22)28-24(30)18-29-15-17-34-26(19-29)13-5-4-7-20-6-2-3-8-23(20)33-16-14-27-25(26)31/h2-6,8-12H,7,13-19H2,1H3,(H,27,31)(H,28,30)/b5-4+. The Morgan fingerprint density at radius 3 is 2.79 bits per heavy atom. The molecule has 1 unspecified atom stereocenters. The third-order valence-corrected chi connectivity index (χ3v) is 5.99. The van der Waals surface area contributed by atoms with Crippen LogP contribution in [0.4, 0.5) is 5.69 Å². The Balaban J connectivity index is 1.41. The Labute approximate surface area is 199 Å². The van der Waals surface area contributed by atoms with E-state index in [4.69, 9.17) is 14.2 Å². The highest BCUT2D eigenvalue weighted by Crippen LogP contribution is 2.25. The fraction of sp³-hybridized carbons (Fsp3) is 0.385.